The van der Waals surface area contributed by atoms with E-state index in [-0.39, 0.29) is 12.5 Å². The van der Waals surface area contributed by atoms with E-state index in [4.69, 9.17) is 21.6 Å². The van der Waals surface area contributed by atoms with Gasteiger partial charge in [-0.05, 0) is 36.5 Å². The third kappa shape index (κ3) is 4.12. The van der Waals surface area contributed by atoms with E-state index in [0.717, 1.165) is 19.5 Å². The third-order valence-corrected chi connectivity index (χ3v) is 3.93. The second-order valence-corrected chi connectivity index (χ2v) is 6.20. The summed E-state index contributed by atoms with van der Waals surface area (Å²) in [4.78, 5) is 14.1. The van der Waals surface area contributed by atoms with E-state index in [1.54, 1.807) is 12.1 Å². The quantitative estimate of drug-likeness (QED) is 0.862. The van der Waals surface area contributed by atoms with Crippen molar-refractivity contribution < 1.29 is 9.53 Å². The SMILES string of the molecule is C[C@@H]1C[C@@H](C)CN(C(=O)COc2ccc(C#N)cc2Cl)C1. The zero-order valence-corrected chi connectivity index (χ0v) is 13.1. The summed E-state index contributed by atoms with van der Waals surface area (Å²) in [5.41, 5.74) is 0.470. The largest absolute Gasteiger partial charge is 0.482 e. The van der Waals surface area contributed by atoms with Crippen molar-refractivity contribution in [3.8, 4) is 11.8 Å². The molecule has 1 fully saturated rings. The van der Waals surface area contributed by atoms with Gasteiger partial charge in [0.1, 0.15) is 5.75 Å². The Labute approximate surface area is 130 Å². The van der Waals surface area contributed by atoms with Gasteiger partial charge in [0, 0.05) is 13.1 Å². The van der Waals surface area contributed by atoms with Gasteiger partial charge in [0.05, 0.1) is 16.7 Å². The molecule has 1 heterocycles. The number of hydrogen-bond donors (Lipinski definition) is 0. The highest BCUT2D eigenvalue weighted by Crippen LogP contribution is 2.26. The molecular formula is C16H19ClN2O2. The van der Waals surface area contributed by atoms with Crippen LogP contribution in [-0.4, -0.2) is 30.5 Å². The molecule has 0 aliphatic carbocycles. The van der Waals surface area contributed by atoms with E-state index in [1.807, 2.05) is 11.0 Å². The fourth-order valence-electron chi connectivity index (χ4n) is 2.78. The van der Waals surface area contributed by atoms with Crippen LogP contribution in [0.25, 0.3) is 0 Å². The monoisotopic (exact) mass is 306 g/mol. The van der Waals surface area contributed by atoms with E-state index in [2.05, 4.69) is 13.8 Å². The first-order valence-electron chi connectivity index (χ1n) is 7.09. The molecule has 1 aliphatic rings. The lowest BCUT2D eigenvalue weighted by atomic mass is 9.92. The first-order chi connectivity index (χ1) is 9.99. The van der Waals surface area contributed by atoms with Crippen LogP contribution in [-0.2, 0) is 4.79 Å². The highest BCUT2D eigenvalue weighted by atomic mass is 35.5. The normalized spacial score (nSPS) is 21.7. The number of ether oxygens (including phenoxy) is 1. The lowest BCUT2D eigenvalue weighted by Crippen LogP contribution is -2.44. The van der Waals surface area contributed by atoms with Gasteiger partial charge in [0.2, 0.25) is 0 Å². The molecule has 112 valence electrons. The number of amides is 1. The van der Waals surface area contributed by atoms with E-state index < -0.39 is 0 Å². The number of carbonyl (C=O) groups excluding carboxylic acids is 1. The second kappa shape index (κ2) is 6.82. The topological polar surface area (TPSA) is 53.3 Å². The van der Waals surface area contributed by atoms with E-state index in [1.165, 1.54) is 6.07 Å². The molecule has 2 rings (SSSR count). The summed E-state index contributed by atoms with van der Waals surface area (Å²) in [6.07, 6.45) is 1.16. The summed E-state index contributed by atoms with van der Waals surface area (Å²) in [6, 6.07) is 6.78. The van der Waals surface area contributed by atoms with Crippen LogP contribution in [0.4, 0.5) is 0 Å². The van der Waals surface area contributed by atoms with Crippen LogP contribution < -0.4 is 4.74 Å². The molecule has 0 spiro atoms. The van der Waals surface area contributed by atoms with E-state index >= 15 is 0 Å². The van der Waals surface area contributed by atoms with Gasteiger partial charge in [0.25, 0.3) is 5.91 Å². The molecule has 21 heavy (non-hydrogen) atoms. The van der Waals surface area contributed by atoms with Gasteiger partial charge in [-0.1, -0.05) is 25.4 Å². The van der Waals surface area contributed by atoms with Crippen LogP contribution in [0.15, 0.2) is 18.2 Å². The molecule has 0 unspecified atom stereocenters. The standard InChI is InChI=1S/C16H19ClN2O2/c1-11-5-12(2)9-19(8-11)16(20)10-21-15-4-3-13(7-18)6-14(15)17/h3-4,6,11-12H,5,8-10H2,1-2H3/t11-,12-/m1/s1. The van der Waals surface area contributed by atoms with Crippen molar-refractivity contribution in [2.45, 2.75) is 20.3 Å². The van der Waals surface area contributed by atoms with Crippen molar-refractivity contribution in [2.75, 3.05) is 19.7 Å². The lowest BCUT2D eigenvalue weighted by molar-refractivity contribution is -0.136. The molecule has 0 aromatic heterocycles. The Kier molecular flexibility index (Phi) is 5.08. The van der Waals surface area contributed by atoms with Crippen molar-refractivity contribution in [1.82, 2.24) is 4.90 Å². The molecule has 4 nitrogen and oxygen atoms in total. The highest BCUT2D eigenvalue weighted by molar-refractivity contribution is 6.32. The average Bonchev–Trinajstić information content (AvgIpc) is 2.44. The zero-order valence-electron chi connectivity index (χ0n) is 12.3. The third-order valence-electron chi connectivity index (χ3n) is 3.63. The number of nitriles is 1. The maximum absolute atomic E-state index is 12.2. The first kappa shape index (κ1) is 15.7. The van der Waals surface area contributed by atoms with Crippen molar-refractivity contribution in [3.63, 3.8) is 0 Å². The van der Waals surface area contributed by atoms with Crippen molar-refractivity contribution in [2.24, 2.45) is 11.8 Å². The minimum atomic E-state index is -0.0228. The van der Waals surface area contributed by atoms with Gasteiger partial charge >= 0.3 is 0 Å². The Balaban J connectivity index is 1.93. The van der Waals surface area contributed by atoms with Crippen LogP contribution in [0.2, 0.25) is 5.02 Å². The lowest BCUT2D eigenvalue weighted by Gasteiger charge is -2.34. The summed E-state index contributed by atoms with van der Waals surface area (Å²) >= 11 is 6.02. The summed E-state index contributed by atoms with van der Waals surface area (Å²) in [5, 5.41) is 9.13. The molecule has 1 aromatic rings. The van der Waals surface area contributed by atoms with Gasteiger partial charge in [-0.25, -0.2) is 0 Å². The fourth-order valence-corrected chi connectivity index (χ4v) is 3.02. The summed E-state index contributed by atoms with van der Waals surface area (Å²) in [6.45, 7) is 5.87. The smallest absolute Gasteiger partial charge is 0.260 e. The number of rotatable bonds is 3. The van der Waals surface area contributed by atoms with Crippen LogP contribution in [0, 0.1) is 23.2 Å². The fraction of sp³-hybridized carbons (Fsp3) is 0.500. The maximum Gasteiger partial charge on any atom is 0.260 e. The zero-order chi connectivity index (χ0) is 15.4. The minimum absolute atomic E-state index is 0.0196. The number of hydrogen-bond acceptors (Lipinski definition) is 3. The average molecular weight is 307 g/mol. The molecule has 1 amide bonds. The highest BCUT2D eigenvalue weighted by Gasteiger charge is 2.25. The Morgan fingerprint density at radius 1 is 1.43 bits per heavy atom. The van der Waals surface area contributed by atoms with Crippen LogP contribution >= 0.6 is 11.6 Å². The minimum Gasteiger partial charge on any atom is -0.482 e. The van der Waals surface area contributed by atoms with Gasteiger partial charge < -0.3 is 9.64 Å². The molecule has 1 aromatic carbocycles. The summed E-state index contributed by atoms with van der Waals surface area (Å²) in [7, 11) is 0. The number of likely N-dealkylation sites (tertiary alicyclic amines) is 1. The molecule has 1 saturated heterocycles. The van der Waals surface area contributed by atoms with E-state index in [9.17, 15) is 4.79 Å². The Bertz CT molecular complexity index is 558. The second-order valence-electron chi connectivity index (χ2n) is 5.79. The Morgan fingerprint density at radius 3 is 2.67 bits per heavy atom. The predicted molar refractivity (Wildman–Crippen MR) is 81.2 cm³/mol. The summed E-state index contributed by atoms with van der Waals surface area (Å²) in [5.74, 6) is 1.46. The van der Waals surface area contributed by atoms with Gasteiger partial charge in [-0.2, -0.15) is 5.26 Å². The van der Waals surface area contributed by atoms with E-state index in [0.29, 0.717) is 28.2 Å². The molecule has 0 radical (unpaired) electrons. The molecule has 0 saturated carbocycles. The van der Waals surface area contributed by atoms with Crippen LogP contribution in [0.5, 0.6) is 5.75 Å². The van der Waals surface area contributed by atoms with Crippen molar-refractivity contribution in [3.05, 3.63) is 28.8 Å². The van der Waals surface area contributed by atoms with Crippen LogP contribution in [0.1, 0.15) is 25.8 Å². The number of nitrogens with zero attached hydrogens (tertiary/aromatic N) is 2. The number of halogens is 1. The van der Waals surface area contributed by atoms with Crippen LogP contribution in [0.3, 0.4) is 0 Å². The maximum atomic E-state index is 12.2. The summed E-state index contributed by atoms with van der Waals surface area (Å²) < 4.78 is 5.49. The number of piperidine rings is 1. The molecule has 0 bridgehead atoms. The Morgan fingerprint density at radius 2 is 2.10 bits per heavy atom. The van der Waals surface area contributed by atoms with Gasteiger partial charge in [-0.3, -0.25) is 4.79 Å². The molecule has 0 N–H and O–H groups in total. The molecule has 5 heteroatoms. The van der Waals surface area contributed by atoms with Gasteiger partial charge in [0.15, 0.2) is 6.61 Å². The predicted octanol–water partition coefficient (Wildman–Crippen LogP) is 3.09. The van der Waals surface area contributed by atoms with Gasteiger partial charge in [-0.15, -0.1) is 0 Å². The molecule has 1 aliphatic heterocycles. The molecular weight excluding hydrogens is 288 g/mol. The Hall–Kier alpha value is -1.73. The van der Waals surface area contributed by atoms with Crippen molar-refractivity contribution in [1.29, 1.82) is 5.26 Å². The first-order valence-corrected chi connectivity index (χ1v) is 7.47. The molecule has 2 atom stereocenters. The number of carbonyl (C=O) groups is 1. The van der Waals surface area contributed by atoms with Crippen molar-refractivity contribution >= 4 is 17.5 Å². The number of benzene rings is 1.